The first-order valence-corrected chi connectivity index (χ1v) is 4.62. The third kappa shape index (κ3) is 4.24. The minimum absolute atomic E-state index is 0.0195. The van der Waals surface area contributed by atoms with Crippen molar-refractivity contribution in [3.05, 3.63) is 0 Å². The van der Waals surface area contributed by atoms with Gasteiger partial charge < -0.3 is 15.5 Å². The molecule has 0 aromatic rings. The summed E-state index contributed by atoms with van der Waals surface area (Å²) >= 11 is 0. The Hall–Kier alpha value is -0.610. The number of nitrogens with one attached hydrogen (secondary N) is 1. The van der Waals surface area contributed by atoms with Crippen molar-refractivity contribution < 1.29 is 15.0 Å². The van der Waals surface area contributed by atoms with E-state index in [0.29, 0.717) is 6.42 Å². The molecule has 3 atom stereocenters. The van der Waals surface area contributed by atoms with Gasteiger partial charge in [-0.1, -0.05) is 13.8 Å². The van der Waals surface area contributed by atoms with E-state index in [1.807, 2.05) is 20.8 Å². The Labute approximate surface area is 79.0 Å². The Morgan fingerprint density at radius 1 is 1.46 bits per heavy atom. The predicted octanol–water partition coefficient (Wildman–Crippen LogP) is 0.456. The van der Waals surface area contributed by atoms with E-state index >= 15 is 0 Å². The third-order valence-electron chi connectivity index (χ3n) is 2.31. The molecule has 13 heavy (non-hydrogen) atoms. The van der Waals surface area contributed by atoms with Crippen LogP contribution in [-0.2, 0) is 4.79 Å². The molecule has 0 aliphatic carbocycles. The standard InChI is InChI=1S/C9H19NO3/c1-4-8(9(12)13)10-7(3)6(2)5-11/h6-8,10-11H,4-5H2,1-3H3,(H,12,13). The Bertz CT molecular complexity index is 161. The van der Waals surface area contributed by atoms with Crippen molar-refractivity contribution in [3.8, 4) is 0 Å². The maximum atomic E-state index is 10.7. The molecule has 4 nitrogen and oxygen atoms in total. The highest BCUT2D eigenvalue weighted by molar-refractivity contribution is 5.73. The minimum Gasteiger partial charge on any atom is -0.480 e. The maximum Gasteiger partial charge on any atom is 0.320 e. The first-order chi connectivity index (χ1) is 6.02. The molecule has 0 aliphatic rings. The fourth-order valence-electron chi connectivity index (χ4n) is 1.00. The number of carboxylic acid groups (broad SMARTS) is 1. The smallest absolute Gasteiger partial charge is 0.320 e. The number of carboxylic acids is 1. The summed E-state index contributed by atoms with van der Waals surface area (Å²) in [6, 6.07) is -0.491. The summed E-state index contributed by atoms with van der Waals surface area (Å²) in [7, 11) is 0. The van der Waals surface area contributed by atoms with Gasteiger partial charge in [-0.3, -0.25) is 4.79 Å². The van der Waals surface area contributed by atoms with Crippen LogP contribution in [0.15, 0.2) is 0 Å². The summed E-state index contributed by atoms with van der Waals surface area (Å²) in [5.74, 6) is -0.757. The fraction of sp³-hybridized carbons (Fsp3) is 0.889. The largest absolute Gasteiger partial charge is 0.480 e. The molecular weight excluding hydrogens is 170 g/mol. The lowest BCUT2D eigenvalue weighted by atomic mass is 10.0. The Morgan fingerprint density at radius 3 is 2.31 bits per heavy atom. The van der Waals surface area contributed by atoms with Crippen molar-refractivity contribution in [1.29, 1.82) is 0 Å². The summed E-state index contributed by atoms with van der Waals surface area (Å²) in [5, 5.41) is 20.6. The zero-order valence-corrected chi connectivity index (χ0v) is 8.45. The van der Waals surface area contributed by atoms with Gasteiger partial charge in [-0.05, 0) is 19.3 Å². The van der Waals surface area contributed by atoms with Crippen LogP contribution in [-0.4, -0.2) is 34.9 Å². The number of aliphatic carboxylic acids is 1. The second kappa shape index (κ2) is 5.94. The van der Waals surface area contributed by atoms with Gasteiger partial charge >= 0.3 is 5.97 Å². The van der Waals surface area contributed by atoms with Gasteiger partial charge in [-0.15, -0.1) is 0 Å². The predicted molar refractivity (Wildman–Crippen MR) is 50.6 cm³/mol. The van der Waals surface area contributed by atoms with Crippen LogP contribution in [0.2, 0.25) is 0 Å². The van der Waals surface area contributed by atoms with E-state index in [1.54, 1.807) is 0 Å². The quantitative estimate of drug-likeness (QED) is 0.567. The molecule has 0 saturated heterocycles. The van der Waals surface area contributed by atoms with E-state index in [9.17, 15) is 4.79 Å². The van der Waals surface area contributed by atoms with E-state index in [-0.39, 0.29) is 18.6 Å². The number of rotatable bonds is 6. The van der Waals surface area contributed by atoms with Gasteiger partial charge in [0.1, 0.15) is 6.04 Å². The highest BCUT2D eigenvalue weighted by atomic mass is 16.4. The van der Waals surface area contributed by atoms with Gasteiger partial charge in [0, 0.05) is 12.6 Å². The van der Waals surface area contributed by atoms with Crippen LogP contribution in [0.3, 0.4) is 0 Å². The second-order valence-electron chi connectivity index (χ2n) is 3.41. The summed E-state index contributed by atoms with van der Waals surface area (Å²) in [4.78, 5) is 10.7. The molecule has 0 bridgehead atoms. The lowest BCUT2D eigenvalue weighted by Crippen LogP contribution is -2.45. The summed E-state index contributed by atoms with van der Waals surface area (Å²) in [5.41, 5.74) is 0. The van der Waals surface area contributed by atoms with Crippen LogP contribution in [0, 0.1) is 5.92 Å². The summed E-state index contributed by atoms with van der Waals surface area (Å²) in [6.07, 6.45) is 0.553. The molecule has 0 aromatic heterocycles. The number of hydrogen-bond acceptors (Lipinski definition) is 3. The molecule has 4 heteroatoms. The van der Waals surface area contributed by atoms with E-state index < -0.39 is 12.0 Å². The topological polar surface area (TPSA) is 69.6 Å². The maximum absolute atomic E-state index is 10.7. The molecule has 78 valence electrons. The molecule has 0 aliphatic heterocycles. The normalized spacial score (nSPS) is 17.8. The zero-order chi connectivity index (χ0) is 10.4. The van der Waals surface area contributed by atoms with E-state index in [0.717, 1.165) is 0 Å². The van der Waals surface area contributed by atoms with Gasteiger partial charge in [0.25, 0.3) is 0 Å². The molecule has 0 spiro atoms. The first-order valence-electron chi connectivity index (χ1n) is 4.62. The molecular formula is C9H19NO3. The van der Waals surface area contributed by atoms with Crippen LogP contribution in [0.5, 0.6) is 0 Å². The molecule has 0 saturated carbocycles. The van der Waals surface area contributed by atoms with Crippen LogP contribution in [0.4, 0.5) is 0 Å². The van der Waals surface area contributed by atoms with E-state index in [1.165, 1.54) is 0 Å². The molecule has 3 unspecified atom stereocenters. The van der Waals surface area contributed by atoms with Crippen molar-refractivity contribution in [2.75, 3.05) is 6.61 Å². The SMILES string of the molecule is CCC(NC(C)C(C)CO)C(=O)O. The molecule has 0 heterocycles. The van der Waals surface area contributed by atoms with Crippen molar-refractivity contribution in [3.63, 3.8) is 0 Å². The average molecular weight is 189 g/mol. The number of aliphatic hydroxyl groups is 1. The Balaban J connectivity index is 4.00. The van der Waals surface area contributed by atoms with Gasteiger partial charge in [-0.25, -0.2) is 0 Å². The van der Waals surface area contributed by atoms with Crippen LogP contribution < -0.4 is 5.32 Å². The summed E-state index contributed by atoms with van der Waals surface area (Å²) < 4.78 is 0. The zero-order valence-electron chi connectivity index (χ0n) is 8.45. The monoisotopic (exact) mass is 189 g/mol. The highest BCUT2D eigenvalue weighted by Gasteiger charge is 2.19. The Morgan fingerprint density at radius 2 is 2.00 bits per heavy atom. The number of hydrogen-bond donors (Lipinski definition) is 3. The van der Waals surface area contributed by atoms with Gasteiger partial charge in [0.15, 0.2) is 0 Å². The van der Waals surface area contributed by atoms with Gasteiger partial charge in [0.2, 0.25) is 0 Å². The van der Waals surface area contributed by atoms with Crippen molar-refractivity contribution in [1.82, 2.24) is 5.32 Å². The lowest BCUT2D eigenvalue weighted by Gasteiger charge is -2.23. The molecule has 3 N–H and O–H groups in total. The molecule has 0 amide bonds. The first kappa shape index (κ1) is 12.4. The van der Waals surface area contributed by atoms with Gasteiger partial charge in [0.05, 0.1) is 0 Å². The third-order valence-corrected chi connectivity index (χ3v) is 2.31. The summed E-state index contributed by atoms with van der Waals surface area (Å²) in [6.45, 7) is 5.66. The molecule has 0 aromatic carbocycles. The Kier molecular flexibility index (Phi) is 5.66. The fourth-order valence-corrected chi connectivity index (χ4v) is 1.00. The molecule has 0 fully saturated rings. The van der Waals surface area contributed by atoms with Crippen molar-refractivity contribution >= 4 is 5.97 Å². The minimum atomic E-state index is -0.834. The number of aliphatic hydroxyl groups excluding tert-OH is 1. The van der Waals surface area contributed by atoms with Crippen LogP contribution in [0.25, 0.3) is 0 Å². The average Bonchev–Trinajstić information content (AvgIpc) is 2.11. The van der Waals surface area contributed by atoms with E-state index in [2.05, 4.69) is 5.32 Å². The lowest BCUT2D eigenvalue weighted by molar-refractivity contribution is -0.139. The van der Waals surface area contributed by atoms with Crippen molar-refractivity contribution in [2.45, 2.75) is 39.3 Å². The van der Waals surface area contributed by atoms with E-state index in [4.69, 9.17) is 10.2 Å². The second-order valence-corrected chi connectivity index (χ2v) is 3.41. The van der Waals surface area contributed by atoms with Crippen LogP contribution >= 0.6 is 0 Å². The van der Waals surface area contributed by atoms with Crippen LogP contribution in [0.1, 0.15) is 27.2 Å². The highest BCUT2D eigenvalue weighted by Crippen LogP contribution is 2.03. The van der Waals surface area contributed by atoms with Gasteiger partial charge in [-0.2, -0.15) is 0 Å². The molecule has 0 radical (unpaired) electrons. The number of carbonyl (C=O) groups is 1. The molecule has 0 rings (SSSR count). The van der Waals surface area contributed by atoms with Crippen molar-refractivity contribution in [2.24, 2.45) is 5.92 Å².